The second kappa shape index (κ2) is 3.82. The van der Waals surface area contributed by atoms with Gasteiger partial charge in [0.2, 0.25) is 0 Å². The molecule has 0 N–H and O–H groups in total. The van der Waals surface area contributed by atoms with Crippen molar-refractivity contribution in [3.8, 4) is 0 Å². The lowest BCUT2D eigenvalue weighted by Gasteiger charge is -1.97. The van der Waals surface area contributed by atoms with Crippen molar-refractivity contribution in [2.24, 2.45) is 7.05 Å². The quantitative estimate of drug-likeness (QED) is 0.726. The number of ketones is 1. The Morgan fingerprint density at radius 3 is 2.73 bits per heavy atom. The molecular weight excluding hydrogens is 214 g/mol. The Kier molecular flexibility index (Phi) is 2.51. The van der Waals surface area contributed by atoms with Crippen molar-refractivity contribution >= 4 is 17.4 Å². The number of hydrogen-bond acceptors (Lipinski definition) is 3. The summed E-state index contributed by atoms with van der Waals surface area (Å²) in [5.74, 6) is -0.127. The average Bonchev–Trinajstić information content (AvgIpc) is 2.64. The zero-order valence-electron chi connectivity index (χ0n) is 8.01. The molecule has 2 aromatic heterocycles. The second-order valence-electron chi connectivity index (χ2n) is 3.12. The summed E-state index contributed by atoms with van der Waals surface area (Å²) in [6.07, 6.45) is 6.15. The van der Waals surface area contributed by atoms with Gasteiger partial charge in [-0.3, -0.25) is 14.5 Å². The maximum atomic E-state index is 11.9. The minimum Gasteiger partial charge on any atom is -0.288 e. The van der Waals surface area contributed by atoms with Crippen LogP contribution in [0.4, 0.5) is 0 Å². The Bertz CT molecular complexity index is 507. The second-order valence-corrected chi connectivity index (χ2v) is 3.56. The van der Waals surface area contributed by atoms with Crippen LogP contribution in [-0.2, 0) is 7.05 Å². The summed E-state index contributed by atoms with van der Waals surface area (Å²) in [6.45, 7) is 0. The van der Waals surface area contributed by atoms with Crippen molar-refractivity contribution in [2.45, 2.75) is 0 Å². The number of pyridine rings is 1. The molecule has 5 heteroatoms. The van der Waals surface area contributed by atoms with E-state index < -0.39 is 0 Å². The highest BCUT2D eigenvalue weighted by molar-refractivity contribution is 6.31. The van der Waals surface area contributed by atoms with Crippen LogP contribution >= 0.6 is 11.6 Å². The number of hydrogen-bond donors (Lipinski definition) is 0. The molecule has 4 nitrogen and oxygen atoms in total. The van der Waals surface area contributed by atoms with E-state index in [1.165, 1.54) is 18.6 Å². The molecule has 0 spiro atoms. The Hall–Kier alpha value is -1.68. The highest BCUT2D eigenvalue weighted by atomic mass is 35.5. The van der Waals surface area contributed by atoms with Crippen LogP contribution in [0.1, 0.15) is 15.9 Å². The van der Waals surface area contributed by atoms with E-state index >= 15 is 0 Å². The fourth-order valence-electron chi connectivity index (χ4n) is 1.24. The van der Waals surface area contributed by atoms with E-state index in [0.29, 0.717) is 16.1 Å². The van der Waals surface area contributed by atoms with Crippen molar-refractivity contribution in [3.63, 3.8) is 0 Å². The Morgan fingerprint density at radius 2 is 2.13 bits per heavy atom. The summed E-state index contributed by atoms with van der Waals surface area (Å²) in [5, 5.41) is 4.38. The summed E-state index contributed by atoms with van der Waals surface area (Å²) in [4.78, 5) is 15.7. The standard InChI is InChI=1S/C10H8ClN3O/c1-14-6-8(4-13-14)10(15)7-2-9(11)5-12-3-7/h2-6H,1H3. The molecule has 0 aliphatic heterocycles. The van der Waals surface area contributed by atoms with Crippen LogP contribution in [-0.4, -0.2) is 20.5 Å². The van der Waals surface area contributed by atoms with Gasteiger partial charge in [-0.15, -0.1) is 0 Å². The molecule has 0 aliphatic carbocycles. The summed E-state index contributed by atoms with van der Waals surface area (Å²) < 4.78 is 1.57. The van der Waals surface area contributed by atoms with Crippen LogP contribution in [0.3, 0.4) is 0 Å². The maximum Gasteiger partial charge on any atom is 0.197 e. The number of aromatic nitrogens is 3. The van der Waals surface area contributed by atoms with E-state index in [1.807, 2.05) is 0 Å². The van der Waals surface area contributed by atoms with Gasteiger partial charge in [0, 0.05) is 31.2 Å². The van der Waals surface area contributed by atoms with Gasteiger partial charge < -0.3 is 0 Å². The first-order chi connectivity index (χ1) is 7.16. The molecule has 0 saturated heterocycles. The molecule has 2 rings (SSSR count). The predicted octanol–water partition coefficient (Wildman–Crippen LogP) is 1.70. The molecule has 15 heavy (non-hydrogen) atoms. The molecule has 76 valence electrons. The first-order valence-electron chi connectivity index (χ1n) is 4.31. The molecule has 0 aromatic carbocycles. The minimum absolute atomic E-state index is 0.127. The fourth-order valence-corrected chi connectivity index (χ4v) is 1.42. The number of aryl methyl sites for hydroxylation is 1. The van der Waals surface area contributed by atoms with Gasteiger partial charge in [-0.05, 0) is 6.07 Å². The zero-order chi connectivity index (χ0) is 10.8. The smallest absolute Gasteiger partial charge is 0.197 e. The summed E-state index contributed by atoms with van der Waals surface area (Å²) in [6, 6.07) is 1.59. The largest absolute Gasteiger partial charge is 0.288 e. The molecule has 0 amide bonds. The minimum atomic E-state index is -0.127. The summed E-state index contributed by atoms with van der Waals surface area (Å²) in [7, 11) is 1.76. The van der Waals surface area contributed by atoms with Gasteiger partial charge in [0.05, 0.1) is 16.8 Å². The molecule has 0 fully saturated rings. The number of carbonyl (C=O) groups excluding carboxylic acids is 1. The average molecular weight is 222 g/mol. The third-order valence-electron chi connectivity index (χ3n) is 1.93. The van der Waals surface area contributed by atoms with Crippen LogP contribution in [0.2, 0.25) is 5.02 Å². The Morgan fingerprint density at radius 1 is 1.33 bits per heavy atom. The molecule has 0 saturated carbocycles. The molecule has 0 bridgehead atoms. The summed E-state index contributed by atoms with van der Waals surface area (Å²) in [5.41, 5.74) is 0.997. The lowest BCUT2D eigenvalue weighted by molar-refractivity contribution is 0.103. The van der Waals surface area contributed by atoms with Crippen LogP contribution in [0.25, 0.3) is 0 Å². The van der Waals surface area contributed by atoms with Crippen molar-refractivity contribution in [2.75, 3.05) is 0 Å². The van der Waals surface area contributed by atoms with E-state index in [0.717, 1.165) is 0 Å². The Balaban J connectivity index is 2.36. The van der Waals surface area contributed by atoms with E-state index in [9.17, 15) is 4.79 Å². The van der Waals surface area contributed by atoms with Gasteiger partial charge in [-0.25, -0.2) is 0 Å². The lowest BCUT2D eigenvalue weighted by Crippen LogP contribution is -2.00. The molecule has 0 radical (unpaired) electrons. The van der Waals surface area contributed by atoms with Crippen molar-refractivity contribution in [1.29, 1.82) is 0 Å². The summed E-state index contributed by atoms with van der Waals surface area (Å²) >= 11 is 5.75. The number of nitrogens with zero attached hydrogens (tertiary/aromatic N) is 3. The van der Waals surface area contributed by atoms with Gasteiger partial charge in [-0.2, -0.15) is 5.10 Å². The fraction of sp³-hybridized carbons (Fsp3) is 0.100. The third-order valence-corrected chi connectivity index (χ3v) is 2.14. The van der Waals surface area contributed by atoms with Gasteiger partial charge in [0.25, 0.3) is 0 Å². The van der Waals surface area contributed by atoms with Crippen LogP contribution in [0.5, 0.6) is 0 Å². The molecule has 0 aliphatic rings. The monoisotopic (exact) mass is 221 g/mol. The first kappa shape index (κ1) is 9.86. The Labute approximate surface area is 91.5 Å². The normalized spacial score (nSPS) is 10.3. The van der Waals surface area contributed by atoms with Crippen LogP contribution < -0.4 is 0 Å². The molecule has 0 atom stereocenters. The van der Waals surface area contributed by atoms with E-state index in [4.69, 9.17) is 11.6 Å². The first-order valence-corrected chi connectivity index (χ1v) is 4.68. The third kappa shape index (κ3) is 2.05. The number of rotatable bonds is 2. The van der Waals surface area contributed by atoms with Crippen LogP contribution in [0.15, 0.2) is 30.9 Å². The lowest BCUT2D eigenvalue weighted by atomic mass is 10.1. The molecule has 2 aromatic rings. The van der Waals surface area contributed by atoms with Crippen molar-refractivity contribution in [3.05, 3.63) is 47.0 Å². The predicted molar refractivity (Wildman–Crippen MR) is 55.9 cm³/mol. The van der Waals surface area contributed by atoms with E-state index in [1.54, 1.807) is 24.0 Å². The van der Waals surface area contributed by atoms with Crippen molar-refractivity contribution < 1.29 is 4.79 Å². The van der Waals surface area contributed by atoms with E-state index in [2.05, 4.69) is 10.1 Å². The van der Waals surface area contributed by atoms with Gasteiger partial charge in [0.1, 0.15) is 0 Å². The zero-order valence-corrected chi connectivity index (χ0v) is 8.77. The van der Waals surface area contributed by atoms with E-state index in [-0.39, 0.29) is 5.78 Å². The van der Waals surface area contributed by atoms with Gasteiger partial charge in [-0.1, -0.05) is 11.6 Å². The number of carbonyl (C=O) groups is 1. The van der Waals surface area contributed by atoms with Crippen molar-refractivity contribution in [1.82, 2.24) is 14.8 Å². The molecular formula is C10H8ClN3O. The molecule has 2 heterocycles. The van der Waals surface area contributed by atoms with Gasteiger partial charge >= 0.3 is 0 Å². The maximum absolute atomic E-state index is 11.9. The van der Waals surface area contributed by atoms with Crippen LogP contribution in [0, 0.1) is 0 Å². The number of halogens is 1. The van der Waals surface area contributed by atoms with Gasteiger partial charge in [0.15, 0.2) is 5.78 Å². The highest BCUT2D eigenvalue weighted by Gasteiger charge is 2.11. The highest BCUT2D eigenvalue weighted by Crippen LogP contribution is 2.12. The SMILES string of the molecule is Cn1cc(C(=O)c2cncc(Cl)c2)cn1. The molecule has 0 unspecified atom stereocenters. The topological polar surface area (TPSA) is 47.8 Å².